The fourth-order valence-corrected chi connectivity index (χ4v) is 2.91. The molecule has 0 aliphatic carbocycles. The SMILES string of the molecule is CCOC(=O)CCCN1CCNCC1c1cccc(Cl)c1. The van der Waals surface area contributed by atoms with Crippen LogP contribution < -0.4 is 5.32 Å². The first-order chi connectivity index (χ1) is 10.2. The summed E-state index contributed by atoms with van der Waals surface area (Å²) in [6.45, 7) is 6.08. The average Bonchev–Trinajstić information content (AvgIpc) is 2.48. The van der Waals surface area contributed by atoms with Crippen molar-refractivity contribution in [3.8, 4) is 0 Å². The fraction of sp³-hybridized carbons (Fsp3) is 0.562. The minimum Gasteiger partial charge on any atom is -0.466 e. The summed E-state index contributed by atoms with van der Waals surface area (Å²) in [6.07, 6.45) is 1.32. The van der Waals surface area contributed by atoms with E-state index in [2.05, 4.69) is 16.3 Å². The van der Waals surface area contributed by atoms with Gasteiger partial charge in [-0.1, -0.05) is 23.7 Å². The molecule has 1 heterocycles. The van der Waals surface area contributed by atoms with Crippen molar-refractivity contribution in [1.29, 1.82) is 0 Å². The first kappa shape index (κ1) is 16.3. The second-order valence-electron chi connectivity index (χ2n) is 5.22. The van der Waals surface area contributed by atoms with Crippen LogP contribution in [0.25, 0.3) is 0 Å². The summed E-state index contributed by atoms with van der Waals surface area (Å²) in [5, 5.41) is 4.19. The molecule has 0 aromatic heterocycles. The summed E-state index contributed by atoms with van der Waals surface area (Å²) in [5.41, 5.74) is 1.23. The van der Waals surface area contributed by atoms with Gasteiger partial charge in [-0.2, -0.15) is 0 Å². The lowest BCUT2D eigenvalue weighted by atomic mass is 10.0. The molecular formula is C16H23ClN2O2. The second kappa shape index (κ2) is 8.37. The number of hydrogen-bond donors (Lipinski definition) is 1. The van der Waals surface area contributed by atoms with Crippen molar-refractivity contribution in [2.45, 2.75) is 25.8 Å². The number of nitrogens with one attached hydrogen (secondary N) is 1. The summed E-state index contributed by atoms with van der Waals surface area (Å²) in [7, 11) is 0. The minimum absolute atomic E-state index is 0.105. The van der Waals surface area contributed by atoms with E-state index in [-0.39, 0.29) is 5.97 Å². The number of carbonyl (C=O) groups excluding carboxylic acids is 1. The van der Waals surface area contributed by atoms with Crippen LogP contribution in [0.5, 0.6) is 0 Å². The maximum absolute atomic E-state index is 11.4. The standard InChI is InChI=1S/C16H23ClN2O2/c1-2-21-16(20)7-4-9-19-10-8-18-12-15(19)13-5-3-6-14(17)11-13/h3,5-6,11,15,18H,2,4,7-10,12H2,1H3. The smallest absolute Gasteiger partial charge is 0.305 e. The molecule has 21 heavy (non-hydrogen) atoms. The van der Waals surface area contributed by atoms with Gasteiger partial charge in [0, 0.05) is 37.1 Å². The van der Waals surface area contributed by atoms with Crippen LogP contribution in [0.2, 0.25) is 5.02 Å². The van der Waals surface area contributed by atoms with Crippen molar-refractivity contribution < 1.29 is 9.53 Å². The lowest BCUT2D eigenvalue weighted by Gasteiger charge is -2.36. The van der Waals surface area contributed by atoms with E-state index in [9.17, 15) is 4.79 Å². The summed E-state index contributed by atoms with van der Waals surface area (Å²) < 4.78 is 4.97. The van der Waals surface area contributed by atoms with Crippen LogP contribution in [0.4, 0.5) is 0 Å². The van der Waals surface area contributed by atoms with Crippen molar-refractivity contribution >= 4 is 17.6 Å². The van der Waals surface area contributed by atoms with Gasteiger partial charge in [-0.3, -0.25) is 9.69 Å². The van der Waals surface area contributed by atoms with E-state index in [0.29, 0.717) is 19.1 Å². The van der Waals surface area contributed by atoms with Gasteiger partial charge in [0.05, 0.1) is 6.61 Å². The highest BCUT2D eigenvalue weighted by Gasteiger charge is 2.23. The Kier molecular flexibility index (Phi) is 6.49. The molecule has 4 nitrogen and oxygen atoms in total. The summed E-state index contributed by atoms with van der Waals surface area (Å²) in [4.78, 5) is 13.8. The molecule has 1 N–H and O–H groups in total. The molecule has 1 aliphatic heterocycles. The summed E-state index contributed by atoms with van der Waals surface area (Å²) in [6, 6.07) is 8.34. The molecule has 1 aromatic carbocycles. The van der Waals surface area contributed by atoms with Gasteiger partial charge in [0.25, 0.3) is 0 Å². The molecule has 1 saturated heterocycles. The number of esters is 1. The summed E-state index contributed by atoms with van der Waals surface area (Å²) in [5.74, 6) is -0.105. The largest absolute Gasteiger partial charge is 0.466 e. The Morgan fingerprint density at radius 2 is 2.38 bits per heavy atom. The van der Waals surface area contributed by atoms with Crippen LogP contribution in [0.15, 0.2) is 24.3 Å². The number of hydrogen-bond acceptors (Lipinski definition) is 4. The monoisotopic (exact) mass is 310 g/mol. The molecule has 1 atom stereocenters. The van der Waals surface area contributed by atoms with E-state index in [4.69, 9.17) is 16.3 Å². The number of halogens is 1. The molecule has 0 bridgehead atoms. The van der Waals surface area contributed by atoms with E-state index >= 15 is 0 Å². The van der Waals surface area contributed by atoms with Crippen LogP contribution in [-0.2, 0) is 9.53 Å². The highest BCUT2D eigenvalue weighted by atomic mass is 35.5. The van der Waals surface area contributed by atoms with Crippen molar-refractivity contribution in [3.05, 3.63) is 34.9 Å². The topological polar surface area (TPSA) is 41.6 Å². The zero-order valence-electron chi connectivity index (χ0n) is 12.5. The number of nitrogens with zero attached hydrogens (tertiary/aromatic N) is 1. The van der Waals surface area contributed by atoms with E-state index in [1.165, 1.54) is 5.56 Å². The van der Waals surface area contributed by atoms with Gasteiger partial charge in [0.15, 0.2) is 0 Å². The maximum Gasteiger partial charge on any atom is 0.305 e. The van der Waals surface area contributed by atoms with Crippen molar-refractivity contribution in [2.75, 3.05) is 32.8 Å². The predicted octanol–water partition coefficient (Wildman–Crippen LogP) is 2.63. The van der Waals surface area contributed by atoms with Gasteiger partial charge in [-0.15, -0.1) is 0 Å². The second-order valence-corrected chi connectivity index (χ2v) is 5.66. The third kappa shape index (κ3) is 4.99. The van der Waals surface area contributed by atoms with E-state index in [1.54, 1.807) is 0 Å². The van der Waals surface area contributed by atoms with Crippen molar-refractivity contribution in [2.24, 2.45) is 0 Å². The lowest BCUT2D eigenvalue weighted by molar-refractivity contribution is -0.143. The lowest BCUT2D eigenvalue weighted by Crippen LogP contribution is -2.46. The van der Waals surface area contributed by atoms with Gasteiger partial charge in [0.2, 0.25) is 0 Å². The normalized spacial score (nSPS) is 19.4. The van der Waals surface area contributed by atoms with Crippen LogP contribution in [0.1, 0.15) is 31.4 Å². The fourth-order valence-electron chi connectivity index (χ4n) is 2.72. The molecule has 116 valence electrons. The van der Waals surface area contributed by atoms with Crippen LogP contribution in [0, 0.1) is 0 Å². The number of benzene rings is 1. The number of ether oxygens (including phenoxy) is 1. The third-order valence-corrected chi connectivity index (χ3v) is 3.95. The molecule has 0 radical (unpaired) electrons. The molecule has 1 aromatic rings. The predicted molar refractivity (Wildman–Crippen MR) is 84.5 cm³/mol. The Morgan fingerprint density at radius 3 is 3.14 bits per heavy atom. The number of rotatable bonds is 6. The van der Waals surface area contributed by atoms with Crippen LogP contribution in [-0.4, -0.2) is 43.7 Å². The van der Waals surface area contributed by atoms with Gasteiger partial charge in [0.1, 0.15) is 0 Å². The van der Waals surface area contributed by atoms with Crippen LogP contribution >= 0.6 is 11.6 Å². The van der Waals surface area contributed by atoms with Crippen molar-refractivity contribution in [3.63, 3.8) is 0 Å². The van der Waals surface area contributed by atoms with Gasteiger partial charge in [-0.05, 0) is 37.6 Å². The first-order valence-electron chi connectivity index (χ1n) is 7.56. The molecule has 0 saturated carbocycles. The molecule has 0 amide bonds. The molecule has 1 unspecified atom stereocenters. The zero-order chi connectivity index (χ0) is 15.1. The van der Waals surface area contributed by atoms with E-state index in [1.807, 2.05) is 25.1 Å². The molecule has 1 fully saturated rings. The number of carbonyl (C=O) groups is 1. The third-order valence-electron chi connectivity index (χ3n) is 3.72. The Morgan fingerprint density at radius 1 is 1.52 bits per heavy atom. The highest BCUT2D eigenvalue weighted by molar-refractivity contribution is 6.30. The first-order valence-corrected chi connectivity index (χ1v) is 7.94. The maximum atomic E-state index is 11.4. The molecule has 1 aliphatic rings. The Bertz CT molecular complexity index is 467. The van der Waals surface area contributed by atoms with E-state index < -0.39 is 0 Å². The minimum atomic E-state index is -0.105. The molecular weight excluding hydrogens is 288 g/mol. The van der Waals surface area contributed by atoms with Crippen LogP contribution in [0.3, 0.4) is 0 Å². The molecule has 5 heteroatoms. The number of piperazine rings is 1. The average molecular weight is 311 g/mol. The quantitative estimate of drug-likeness (QED) is 0.820. The van der Waals surface area contributed by atoms with Crippen molar-refractivity contribution in [1.82, 2.24) is 10.2 Å². The van der Waals surface area contributed by atoms with Gasteiger partial charge in [-0.25, -0.2) is 0 Å². The Labute approximate surface area is 131 Å². The Hall–Kier alpha value is -1.10. The zero-order valence-corrected chi connectivity index (χ0v) is 13.2. The van der Waals surface area contributed by atoms with E-state index in [0.717, 1.165) is 37.6 Å². The molecule has 2 rings (SSSR count). The van der Waals surface area contributed by atoms with Gasteiger partial charge < -0.3 is 10.1 Å². The summed E-state index contributed by atoms with van der Waals surface area (Å²) >= 11 is 6.09. The Balaban J connectivity index is 1.91. The molecule has 0 spiro atoms. The highest BCUT2D eigenvalue weighted by Crippen LogP contribution is 2.24. The van der Waals surface area contributed by atoms with Gasteiger partial charge >= 0.3 is 5.97 Å².